The van der Waals surface area contributed by atoms with Gasteiger partial charge >= 0.3 is 0 Å². The molecule has 7 heteroatoms. The number of hydrogen-bond acceptors (Lipinski definition) is 4. The second-order valence-corrected chi connectivity index (χ2v) is 4.12. The van der Waals surface area contributed by atoms with Crippen molar-refractivity contribution >= 4 is 17.4 Å². The third-order valence-corrected chi connectivity index (χ3v) is 2.82. The van der Waals surface area contributed by atoms with Gasteiger partial charge in [0.25, 0.3) is 0 Å². The number of anilines is 1. The maximum absolute atomic E-state index is 6.22. The highest BCUT2D eigenvalue weighted by molar-refractivity contribution is 6.32. The second kappa shape index (κ2) is 4.15. The zero-order valence-electron chi connectivity index (χ0n) is 9.21. The minimum absolute atomic E-state index is 0.446. The fourth-order valence-electron chi connectivity index (χ4n) is 1.68. The molecule has 0 fully saturated rings. The number of nitrogens with one attached hydrogen (secondary N) is 1. The van der Waals surface area contributed by atoms with Crippen molar-refractivity contribution in [3.63, 3.8) is 0 Å². The van der Waals surface area contributed by atoms with Gasteiger partial charge in [0.1, 0.15) is 18.5 Å². The van der Waals surface area contributed by atoms with Crippen LogP contribution in [0.1, 0.15) is 0 Å². The topological polar surface area (TPSA) is 85.4 Å². The van der Waals surface area contributed by atoms with E-state index in [9.17, 15) is 0 Å². The molecule has 0 aliphatic heterocycles. The summed E-state index contributed by atoms with van der Waals surface area (Å²) in [5.74, 6) is 0.446. The van der Waals surface area contributed by atoms with Gasteiger partial charge in [-0.3, -0.25) is 5.10 Å². The molecule has 3 rings (SSSR count). The Morgan fingerprint density at radius 1 is 1.28 bits per heavy atom. The van der Waals surface area contributed by atoms with Crippen LogP contribution in [0, 0.1) is 0 Å². The monoisotopic (exact) mass is 260 g/mol. The number of H-pyrrole nitrogens is 1. The number of benzene rings is 1. The lowest BCUT2D eigenvalue weighted by Gasteiger charge is -2.05. The number of aromatic nitrogens is 5. The highest BCUT2D eigenvalue weighted by Crippen LogP contribution is 2.26. The Labute approximate surface area is 107 Å². The number of nitrogens with two attached hydrogens (primary N) is 1. The van der Waals surface area contributed by atoms with Crippen LogP contribution < -0.4 is 5.73 Å². The molecule has 3 aromatic rings. The standard InChI is InChI=1S/C11H9ClN6/c12-8-3-7(9-4-11(13)17-16-9)1-2-10(8)18-6-14-5-15-18/h1-6H,(H3,13,16,17). The largest absolute Gasteiger partial charge is 0.382 e. The average Bonchev–Trinajstić information content (AvgIpc) is 2.99. The summed E-state index contributed by atoms with van der Waals surface area (Å²) in [5.41, 5.74) is 8.06. The third-order valence-electron chi connectivity index (χ3n) is 2.52. The normalized spacial score (nSPS) is 10.7. The first kappa shape index (κ1) is 10.8. The first-order valence-corrected chi connectivity index (χ1v) is 5.57. The van der Waals surface area contributed by atoms with Crippen LogP contribution in [0.25, 0.3) is 16.9 Å². The van der Waals surface area contributed by atoms with Crippen LogP contribution in [0.15, 0.2) is 36.9 Å². The van der Waals surface area contributed by atoms with Crippen molar-refractivity contribution in [2.75, 3.05) is 5.73 Å². The minimum Gasteiger partial charge on any atom is -0.382 e. The van der Waals surface area contributed by atoms with Gasteiger partial charge in [0, 0.05) is 11.6 Å². The molecule has 0 bridgehead atoms. The number of nitrogens with zero attached hydrogens (tertiary/aromatic N) is 4. The van der Waals surface area contributed by atoms with Gasteiger partial charge in [0.05, 0.1) is 16.4 Å². The van der Waals surface area contributed by atoms with Gasteiger partial charge < -0.3 is 5.73 Å². The number of halogens is 1. The molecule has 6 nitrogen and oxygen atoms in total. The molecule has 2 aromatic heterocycles. The Hall–Kier alpha value is -2.34. The lowest BCUT2D eigenvalue weighted by molar-refractivity contribution is 0.879. The molecule has 0 spiro atoms. The van der Waals surface area contributed by atoms with Crippen molar-refractivity contribution in [1.82, 2.24) is 25.0 Å². The molecular weight excluding hydrogens is 252 g/mol. The fourth-order valence-corrected chi connectivity index (χ4v) is 1.95. The summed E-state index contributed by atoms with van der Waals surface area (Å²) < 4.78 is 1.60. The zero-order valence-corrected chi connectivity index (χ0v) is 9.96. The Balaban J connectivity index is 2.04. The summed E-state index contributed by atoms with van der Waals surface area (Å²) in [5, 5.41) is 11.3. The van der Waals surface area contributed by atoms with E-state index in [1.807, 2.05) is 18.2 Å². The number of aromatic amines is 1. The van der Waals surface area contributed by atoms with Crippen LogP contribution >= 0.6 is 11.6 Å². The van der Waals surface area contributed by atoms with E-state index < -0.39 is 0 Å². The summed E-state index contributed by atoms with van der Waals surface area (Å²) in [6, 6.07) is 7.35. The van der Waals surface area contributed by atoms with Crippen molar-refractivity contribution in [3.05, 3.63) is 41.9 Å². The lowest BCUT2D eigenvalue weighted by Crippen LogP contribution is -1.95. The highest BCUT2D eigenvalue weighted by Gasteiger charge is 2.07. The summed E-state index contributed by atoms with van der Waals surface area (Å²) in [6.07, 6.45) is 3.05. The molecule has 0 aliphatic carbocycles. The maximum Gasteiger partial charge on any atom is 0.145 e. The molecule has 90 valence electrons. The van der Waals surface area contributed by atoms with Crippen molar-refractivity contribution in [1.29, 1.82) is 0 Å². The third kappa shape index (κ3) is 1.82. The molecule has 0 aliphatic rings. The molecular formula is C11H9ClN6. The first-order chi connectivity index (χ1) is 8.74. The van der Waals surface area contributed by atoms with E-state index >= 15 is 0 Å². The Kier molecular flexibility index (Phi) is 2.49. The summed E-state index contributed by atoms with van der Waals surface area (Å²) in [6.45, 7) is 0. The molecule has 0 saturated carbocycles. The van der Waals surface area contributed by atoms with E-state index in [-0.39, 0.29) is 0 Å². The number of hydrogen-bond donors (Lipinski definition) is 2. The van der Waals surface area contributed by atoms with Crippen LogP contribution in [0.4, 0.5) is 5.82 Å². The van der Waals surface area contributed by atoms with Gasteiger partial charge in [-0.2, -0.15) is 10.2 Å². The van der Waals surface area contributed by atoms with E-state index in [1.165, 1.54) is 6.33 Å². The Morgan fingerprint density at radius 3 is 2.78 bits per heavy atom. The van der Waals surface area contributed by atoms with Gasteiger partial charge in [-0.05, 0) is 12.1 Å². The Morgan fingerprint density at radius 2 is 2.17 bits per heavy atom. The van der Waals surface area contributed by atoms with Crippen molar-refractivity contribution in [3.8, 4) is 16.9 Å². The maximum atomic E-state index is 6.22. The van der Waals surface area contributed by atoms with Crippen LogP contribution in [-0.2, 0) is 0 Å². The smallest absolute Gasteiger partial charge is 0.145 e. The lowest BCUT2D eigenvalue weighted by atomic mass is 10.1. The molecule has 3 N–H and O–H groups in total. The van der Waals surface area contributed by atoms with E-state index in [0.29, 0.717) is 10.8 Å². The van der Waals surface area contributed by atoms with E-state index in [1.54, 1.807) is 17.1 Å². The van der Waals surface area contributed by atoms with Gasteiger partial charge in [-0.25, -0.2) is 9.67 Å². The van der Waals surface area contributed by atoms with Gasteiger partial charge in [-0.15, -0.1) is 0 Å². The SMILES string of the molecule is Nc1cc(-c2ccc(-n3cncn3)c(Cl)c2)[nH]n1. The molecule has 0 unspecified atom stereocenters. The minimum atomic E-state index is 0.446. The van der Waals surface area contributed by atoms with Crippen LogP contribution in [-0.4, -0.2) is 25.0 Å². The molecule has 0 saturated heterocycles. The van der Waals surface area contributed by atoms with Crippen molar-refractivity contribution in [2.24, 2.45) is 0 Å². The predicted molar refractivity (Wildman–Crippen MR) is 68.4 cm³/mol. The molecule has 18 heavy (non-hydrogen) atoms. The van der Waals surface area contributed by atoms with Gasteiger partial charge in [0.15, 0.2) is 0 Å². The quantitative estimate of drug-likeness (QED) is 0.737. The second-order valence-electron chi connectivity index (χ2n) is 3.71. The average molecular weight is 261 g/mol. The number of nitrogen functional groups attached to an aromatic ring is 1. The molecule has 0 atom stereocenters. The summed E-state index contributed by atoms with van der Waals surface area (Å²) >= 11 is 6.22. The van der Waals surface area contributed by atoms with Crippen LogP contribution in [0.3, 0.4) is 0 Å². The Bertz CT molecular complexity index is 673. The zero-order chi connectivity index (χ0) is 12.5. The summed E-state index contributed by atoms with van der Waals surface area (Å²) in [4.78, 5) is 3.88. The molecule has 0 radical (unpaired) electrons. The van der Waals surface area contributed by atoms with Gasteiger partial charge in [-0.1, -0.05) is 17.7 Å². The highest BCUT2D eigenvalue weighted by atomic mass is 35.5. The predicted octanol–water partition coefficient (Wildman–Crippen LogP) is 1.89. The van der Waals surface area contributed by atoms with Crippen molar-refractivity contribution < 1.29 is 0 Å². The fraction of sp³-hybridized carbons (Fsp3) is 0. The summed E-state index contributed by atoms with van der Waals surface area (Å²) in [7, 11) is 0. The van der Waals surface area contributed by atoms with Gasteiger partial charge in [0.2, 0.25) is 0 Å². The first-order valence-electron chi connectivity index (χ1n) is 5.20. The van der Waals surface area contributed by atoms with Crippen LogP contribution in [0.2, 0.25) is 5.02 Å². The van der Waals surface area contributed by atoms with E-state index in [0.717, 1.165) is 16.9 Å². The molecule has 0 amide bonds. The molecule has 1 aromatic carbocycles. The van der Waals surface area contributed by atoms with E-state index in [2.05, 4.69) is 20.3 Å². The molecule has 2 heterocycles. The number of rotatable bonds is 2. The van der Waals surface area contributed by atoms with Crippen molar-refractivity contribution in [2.45, 2.75) is 0 Å². The van der Waals surface area contributed by atoms with E-state index in [4.69, 9.17) is 17.3 Å². The van der Waals surface area contributed by atoms with Crippen LogP contribution in [0.5, 0.6) is 0 Å².